The predicted octanol–water partition coefficient (Wildman–Crippen LogP) is 2.61. The number of alkyl carbamates (subject to hydrolysis) is 1. The van der Waals surface area contributed by atoms with E-state index in [0.717, 1.165) is 0 Å². The Morgan fingerprint density at radius 1 is 1.28 bits per heavy atom. The van der Waals surface area contributed by atoms with Crippen LogP contribution in [0.2, 0.25) is 0 Å². The molecule has 5 heteroatoms. The van der Waals surface area contributed by atoms with Gasteiger partial charge >= 0.3 is 6.09 Å². The van der Waals surface area contributed by atoms with Gasteiger partial charge in [0.1, 0.15) is 11.8 Å². The van der Waals surface area contributed by atoms with Crippen molar-refractivity contribution in [3.8, 4) is 0 Å². The van der Waals surface area contributed by atoms with Crippen molar-refractivity contribution in [3.63, 3.8) is 0 Å². The maximum Gasteiger partial charge on any atom is 0.407 e. The third-order valence-corrected chi connectivity index (χ3v) is 2.41. The second-order valence-electron chi connectivity index (χ2n) is 6.58. The Morgan fingerprint density at radius 2 is 1.78 bits per heavy atom. The van der Waals surface area contributed by atoms with Crippen LogP contribution in [0, 0.1) is 5.41 Å². The summed E-state index contributed by atoms with van der Waals surface area (Å²) in [7, 11) is 0. The monoisotopic (exact) mass is 262 g/mol. The molecule has 2 unspecified atom stereocenters. The van der Waals surface area contributed by atoms with Gasteiger partial charge in [0, 0.05) is 0 Å². The second-order valence-corrected chi connectivity index (χ2v) is 6.58. The number of halogens is 1. The maximum atomic E-state index is 14.0. The van der Waals surface area contributed by atoms with Crippen LogP contribution in [0.3, 0.4) is 0 Å². The molecule has 18 heavy (non-hydrogen) atoms. The molecular weight excluding hydrogens is 235 g/mol. The van der Waals surface area contributed by atoms with Crippen LogP contribution in [0.5, 0.6) is 0 Å². The molecule has 0 aliphatic carbocycles. The summed E-state index contributed by atoms with van der Waals surface area (Å²) >= 11 is 0. The first-order valence-corrected chi connectivity index (χ1v) is 6.31. The SMILES string of the molecule is CC(C)(C)OC(=O)NC(C(F)CCN)C(C)(C)C. The third-order valence-electron chi connectivity index (χ3n) is 2.41. The minimum atomic E-state index is -1.18. The number of amides is 1. The fourth-order valence-electron chi connectivity index (χ4n) is 1.61. The van der Waals surface area contributed by atoms with Gasteiger partial charge in [-0.15, -0.1) is 0 Å². The van der Waals surface area contributed by atoms with Crippen molar-refractivity contribution < 1.29 is 13.9 Å². The molecule has 0 heterocycles. The molecule has 0 aromatic carbocycles. The van der Waals surface area contributed by atoms with E-state index < -0.39 is 29.3 Å². The maximum absolute atomic E-state index is 14.0. The van der Waals surface area contributed by atoms with Gasteiger partial charge in [-0.25, -0.2) is 9.18 Å². The Hall–Kier alpha value is -0.840. The Morgan fingerprint density at radius 3 is 2.11 bits per heavy atom. The van der Waals surface area contributed by atoms with E-state index in [1.165, 1.54) is 0 Å². The molecule has 2 atom stereocenters. The molecule has 0 rings (SSSR count). The highest BCUT2D eigenvalue weighted by Gasteiger charge is 2.34. The molecule has 0 saturated carbocycles. The molecule has 1 amide bonds. The van der Waals surface area contributed by atoms with E-state index in [1.807, 2.05) is 20.8 Å². The minimum Gasteiger partial charge on any atom is -0.444 e. The fraction of sp³-hybridized carbons (Fsp3) is 0.923. The summed E-state index contributed by atoms with van der Waals surface area (Å²) in [5, 5.41) is 2.61. The molecule has 0 saturated heterocycles. The van der Waals surface area contributed by atoms with Gasteiger partial charge in [-0.2, -0.15) is 0 Å². The van der Waals surface area contributed by atoms with Crippen LogP contribution in [0.15, 0.2) is 0 Å². The lowest BCUT2D eigenvalue weighted by molar-refractivity contribution is 0.0392. The zero-order valence-electron chi connectivity index (χ0n) is 12.3. The van der Waals surface area contributed by atoms with Gasteiger partial charge in [0.15, 0.2) is 0 Å². The lowest BCUT2D eigenvalue weighted by Crippen LogP contribution is -2.51. The quantitative estimate of drug-likeness (QED) is 0.818. The normalized spacial score (nSPS) is 16.0. The highest BCUT2D eigenvalue weighted by molar-refractivity contribution is 5.68. The van der Waals surface area contributed by atoms with E-state index in [1.54, 1.807) is 20.8 Å². The number of carbonyl (C=O) groups excluding carboxylic acids is 1. The smallest absolute Gasteiger partial charge is 0.407 e. The topological polar surface area (TPSA) is 64.3 Å². The summed E-state index contributed by atoms with van der Waals surface area (Å²) in [4.78, 5) is 11.7. The van der Waals surface area contributed by atoms with Gasteiger partial charge in [-0.1, -0.05) is 20.8 Å². The van der Waals surface area contributed by atoms with Crippen LogP contribution in [0.4, 0.5) is 9.18 Å². The van der Waals surface area contributed by atoms with E-state index in [0.29, 0.717) is 0 Å². The Kier molecular flexibility index (Phi) is 6.07. The molecular formula is C13H27FN2O2. The second kappa shape index (κ2) is 6.36. The molecule has 0 fully saturated rings. The number of nitrogens with two attached hydrogens (primary N) is 1. The highest BCUT2D eigenvalue weighted by atomic mass is 19.1. The van der Waals surface area contributed by atoms with Crippen LogP contribution < -0.4 is 11.1 Å². The highest BCUT2D eigenvalue weighted by Crippen LogP contribution is 2.25. The van der Waals surface area contributed by atoms with Crippen molar-refractivity contribution >= 4 is 6.09 Å². The summed E-state index contributed by atoms with van der Waals surface area (Å²) in [5.74, 6) is 0. The number of hydrogen-bond acceptors (Lipinski definition) is 3. The van der Waals surface area contributed by atoms with Crippen molar-refractivity contribution in [2.24, 2.45) is 11.1 Å². The molecule has 0 radical (unpaired) electrons. The minimum absolute atomic E-state index is 0.220. The van der Waals surface area contributed by atoms with Crippen molar-refractivity contribution in [2.45, 2.75) is 65.8 Å². The first-order chi connectivity index (χ1) is 7.97. The molecule has 0 aliphatic rings. The molecule has 0 bridgehead atoms. The molecule has 0 aliphatic heterocycles. The van der Waals surface area contributed by atoms with Gasteiger partial charge in [0.05, 0.1) is 6.04 Å². The van der Waals surface area contributed by atoms with Crippen LogP contribution in [-0.2, 0) is 4.74 Å². The first kappa shape index (κ1) is 17.2. The summed E-state index contributed by atoms with van der Waals surface area (Å²) in [5.41, 5.74) is 4.37. The molecule has 0 aromatic heterocycles. The molecule has 3 N–H and O–H groups in total. The van der Waals surface area contributed by atoms with Crippen LogP contribution in [-0.4, -0.2) is 30.5 Å². The largest absolute Gasteiger partial charge is 0.444 e. The summed E-state index contributed by atoms with van der Waals surface area (Å²) in [6, 6.07) is -0.615. The lowest BCUT2D eigenvalue weighted by atomic mass is 9.83. The standard InChI is InChI=1S/C13H27FN2O2/c1-12(2,3)10(9(14)7-8-15)16-11(17)18-13(4,5)6/h9-10H,7-8,15H2,1-6H3,(H,16,17). The number of rotatable bonds is 4. The zero-order valence-corrected chi connectivity index (χ0v) is 12.3. The summed E-state index contributed by atoms with van der Waals surface area (Å²) in [6.07, 6.45) is -1.55. The van der Waals surface area contributed by atoms with Gasteiger partial charge < -0.3 is 15.8 Å². The first-order valence-electron chi connectivity index (χ1n) is 6.31. The van der Waals surface area contributed by atoms with Crippen LogP contribution in [0.25, 0.3) is 0 Å². The predicted molar refractivity (Wildman–Crippen MR) is 71.2 cm³/mol. The zero-order chi connectivity index (χ0) is 14.6. The third kappa shape index (κ3) is 6.79. The van der Waals surface area contributed by atoms with E-state index in [2.05, 4.69) is 5.32 Å². The fourth-order valence-corrected chi connectivity index (χ4v) is 1.61. The Bertz CT molecular complexity index is 269. The average molecular weight is 262 g/mol. The van der Waals surface area contributed by atoms with Crippen molar-refractivity contribution in [2.75, 3.05) is 6.54 Å². The van der Waals surface area contributed by atoms with E-state index in [-0.39, 0.29) is 13.0 Å². The Balaban J connectivity index is 4.66. The average Bonchev–Trinajstić information content (AvgIpc) is 2.09. The van der Waals surface area contributed by atoms with Crippen molar-refractivity contribution in [1.82, 2.24) is 5.32 Å². The van der Waals surface area contributed by atoms with Crippen molar-refractivity contribution in [1.29, 1.82) is 0 Å². The summed E-state index contributed by atoms with van der Waals surface area (Å²) < 4.78 is 19.2. The molecule has 108 valence electrons. The van der Waals surface area contributed by atoms with E-state index in [9.17, 15) is 9.18 Å². The van der Waals surface area contributed by atoms with E-state index >= 15 is 0 Å². The number of ether oxygens (including phenoxy) is 1. The summed E-state index contributed by atoms with van der Waals surface area (Å²) in [6.45, 7) is 11.2. The number of nitrogens with one attached hydrogen (secondary N) is 1. The number of alkyl halides is 1. The number of carbonyl (C=O) groups is 1. The lowest BCUT2D eigenvalue weighted by Gasteiger charge is -2.34. The van der Waals surface area contributed by atoms with Gasteiger partial charge in [-0.05, 0) is 39.2 Å². The van der Waals surface area contributed by atoms with Crippen molar-refractivity contribution in [3.05, 3.63) is 0 Å². The van der Waals surface area contributed by atoms with Crippen LogP contribution >= 0.6 is 0 Å². The van der Waals surface area contributed by atoms with Crippen LogP contribution in [0.1, 0.15) is 48.0 Å². The molecule has 0 aromatic rings. The Labute approximate surface area is 109 Å². The molecule has 0 spiro atoms. The van der Waals surface area contributed by atoms with E-state index in [4.69, 9.17) is 10.5 Å². The van der Waals surface area contributed by atoms with Gasteiger partial charge in [0.25, 0.3) is 0 Å². The van der Waals surface area contributed by atoms with Gasteiger partial charge in [0.2, 0.25) is 0 Å². The molecule has 4 nitrogen and oxygen atoms in total. The van der Waals surface area contributed by atoms with Gasteiger partial charge in [-0.3, -0.25) is 0 Å². The number of hydrogen-bond donors (Lipinski definition) is 2.